The molecule has 0 aromatic rings. The Hall–Kier alpha value is 0.860. The fourth-order valence-corrected chi connectivity index (χ4v) is 4.27. The Morgan fingerprint density at radius 1 is 1.29 bits per heavy atom. The Kier molecular flexibility index (Phi) is 3.37. The van der Waals surface area contributed by atoms with E-state index < -0.39 is 7.26 Å². The lowest BCUT2D eigenvalue weighted by Crippen LogP contribution is -1.84. The molecule has 0 bridgehead atoms. The van der Waals surface area contributed by atoms with E-state index in [1.807, 2.05) is 0 Å². The normalized spacial score (nSPS) is 13.7. The monoisotopic (exact) mass is 137 g/mol. The highest BCUT2D eigenvalue weighted by Crippen LogP contribution is 2.50. The van der Waals surface area contributed by atoms with Crippen molar-refractivity contribution in [2.45, 2.75) is 0 Å². The van der Waals surface area contributed by atoms with Crippen molar-refractivity contribution in [1.29, 1.82) is 0 Å². The van der Waals surface area contributed by atoms with E-state index in [0.717, 1.165) is 8.58 Å². The standard InChI is InChI=1S/C5H15P2/c1-6-5-7(2,3)4/h6H,5H2,1-4H3/q+1. The van der Waals surface area contributed by atoms with E-state index in [-0.39, 0.29) is 0 Å². The van der Waals surface area contributed by atoms with Gasteiger partial charge >= 0.3 is 0 Å². The summed E-state index contributed by atoms with van der Waals surface area (Å²) >= 11 is 0. The van der Waals surface area contributed by atoms with Crippen LogP contribution in [0.5, 0.6) is 0 Å². The maximum atomic E-state index is 2.39. The molecule has 1 unspecified atom stereocenters. The lowest BCUT2D eigenvalue weighted by atomic mass is 11.8. The molecular weight excluding hydrogens is 122 g/mol. The SMILES string of the molecule is CPC[P+](C)(C)C. The second kappa shape index (κ2) is 3.00. The van der Waals surface area contributed by atoms with Gasteiger partial charge in [-0.25, -0.2) is 0 Å². The molecule has 0 aliphatic carbocycles. The van der Waals surface area contributed by atoms with Gasteiger partial charge < -0.3 is 0 Å². The Morgan fingerprint density at radius 2 is 1.71 bits per heavy atom. The molecule has 0 saturated carbocycles. The first-order valence-corrected chi connectivity index (χ1v) is 7.53. The zero-order valence-electron chi connectivity index (χ0n) is 5.65. The van der Waals surface area contributed by atoms with Gasteiger partial charge in [-0.1, -0.05) is 8.58 Å². The Labute approximate surface area is 49.2 Å². The van der Waals surface area contributed by atoms with Crippen LogP contribution in [0.1, 0.15) is 0 Å². The molecule has 0 amide bonds. The van der Waals surface area contributed by atoms with Gasteiger partial charge in [-0.15, -0.1) is 0 Å². The van der Waals surface area contributed by atoms with Crippen molar-refractivity contribution in [3.63, 3.8) is 0 Å². The largest absolute Gasteiger partial charge is 0.0852 e. The van der Waals surface area contributed by atoms with Gasteiger partial charge in [-0.3, -0.25) is 0 Å². The lowest BCUT2D eigenvalue weighted by Gasteiger charge is -2.08. The van der Waals surface area contributed by atoms with Crippen LogP contribution >= 0.6 is 15.8 Å². The van der Waals surface area contributed by atoms with Crippen molar-refractivity contribution in [1.82, 2.24) is 0 Å². The van der Waals surface area contributed by atoms with E-state index in [2.05, 4.69) is 26.7 Å². The summed E-state index contributed by atoms with van der Waals surface area (Å²) in [5.74, 6) is 1.48. The smallest absolute Gasteiger partial charge is 0.0738 e. The van der Waals surface area contributed by atoms with Crippen molar-refractivity contribution in [3.05, 3.63) is 0 Å². The van der Waals surface area contributed by atoms with Crippen molar-refractivity contribution in [2.24, 2.45) is 0 Å². The van der Waals surface area contributed by atoms with Crippen molar-refractivity contribution < 1.29 is 0 Å². The van der Waals surface area contributed by atoms with Gasteiger partial charge in [-0.05, 0) is 6.66 Å². The molecule has 0 N–H and O–H groups in total. The molecule has 0 aliphatic heterocycles. The van der Waals surface area contributed by atoms with Gasteiger partial charge in [0.25, 0.3) is 0 Å². The van der Waals surface area contributed by atoms with Crippen LogP contribution < -0.4 is 0 Å². The molecule has 2 heteroatoms. The Morgan fingerprint density at radius 3 is 1.71 bits per heavy atom. The molecule has 0 radical (unpaired) electrons. The molecule has 0 nitrogen and oxygen atoms in total. The summed E-state index contributed by atoms with van der Waals surface area (Å²) in [7, 11) is 0.755. The molecule has 0 spiro atoms. The summed E-state index contributed by atoms with van der Waals surface area (Å²) in [4.78, 5) is 0. The molecule has 0 fully saturated rings. The molecule has 0 aliphatic rings. The third-order valence-corrected chi connectivity index (χ3v) is 5.69. The van der Waals surface area contributed by atoms with Crippen LogP contribution in [0.4, 0.5) is 0 Å². The van der Waals surface area contributed by atoms with Crippen LogP contribution in [0, 0.1) is 0 Å². The summed E-state index contributed by atoms with van der Waals surface area (Å²) < 4.78 is 0. The van der Waals surface area contributed by atoms with E-state index in [9.17, 15) is 0 Å². The molecule has 1 atom stereocenters. The average Bonchev–Trinajstić information content (AvgIpc) is 1.30. The van der Waals surface area contributed by atoms with Crippen LogP contribution in [0.3, 0.4) is 0 Å². The van der Waals surface area contributed by atoms with E-state index in [0.29, 0.717) is 0 Å². The van der Waals surface area contributed by atoms with Gasteiger partial charge in [0.05, 0.1) is 5.90 Å². The summed E-state index contributed by atoms with van der Waals surface area (Å²) in [5, 5.41) is 0. The van der Waals surface area contributed by atoms with Gasteiger partial charge in [0, 0.05) is 27.3 Å². The predicted molar refractivity (Wildman–Crippen MR) is 43.8 cm³/mol. The summed E-state index contributed by atoms with van der Waals surface area (Å²) in [6.07, 6.45) is 0. The highest BCUT2D eigenvalue weighted by molar-refractivity contribution is 7.80. The minimum Gasteiger partial charge on any atom is -0.0852 e. The zero-order valence-corrected chi connectivity index (χ0v) is 7.55. The third-order valence-electron chi connectivity index (χ3n) is 0.632. The quantitative estimate of drug-likeness (QED) is 0.511. The van der Waals surface area contributed by atoms with Crippen LogP contribution in [0.25, 0.3) is 0 Å². The van der Waals surface area contributed by atoms with Crippen molar-refractivity contribution >= 4 is 15.8 Å². The van der Waals surface area contributed by atoms with E-state index in [1.165, 1.54) is 5.90 Å². The second-order valence-corrected chi connectivity index (χ2v) is 9.35. The predicted octanol–water partition coefficient (Wildman–Crippen LogP) is 2.16. The van der Waals surface area contributed by atoms with Crippen LogP contribution in [0.2, 0.25) is 0 Å². The maximum Gasteiger partial charge on any atom is 0.0738 e. The molecule has 7 heavy (non-hydrogen) atoms. The number of hydrogen-bond donors (Lipinski definition) is 0. The topological polar surface area (TPSA) is 0 Å². The van der Waals surface area contributed by atoms with Crippen molar-refractivity contribution in [3.8, 4) is 0 Å². The van der Waals surface area contributed by atoms with Gasteiger partial charge in [0.15, 0.2) is 0 Å². The van der Waals surface area contributed by atoms with Crippen LogP contribution in [-0.2, 0) is 0 Å². The third kappa shape index (κ3) is 6.86. The minimum absolute atomic E-state index is 0.403. The first-order valence-electron chi connectivity index (χ1n) is 2.51. The van der Waals surface area contributed by atoms with Gasteiger partial charge in [0.2, 0.25) is 0 Å². The highest BCUT2D eigenvalue weighted by atomic mass is 31.2. The molecular formula is C5H15P2+. The number of hydrogen-bond acceptors (Lipinski definition) is 0. The molecule has 44 valence electrons. The second-order valence-electron chi connectivity index (χ2n) is 2.80. The highest BCUT2D eigenvalue weighted by Gasteiger charge is 2.13. The average molecular weight is 137 g/mol. The van der Waals surface area contributed by atoms with E-state index in [1.54, 1.807) is 0 Å². The summed E-state index contributed by atoms with van der Waals surface area (Å²) in [6.45, 7) is 9.46. The molecule has 0 saturated heterocycles. The summed E-state index contributed by atoms with van der Waals surface area (Å²) in [5.41, 5.74) is 0. The Bertz CT molecular complexity index is 44.5. The number of rotatable bonds is 2. The molecule has 0 heterocycles. The summed E-state index contributed by atoms with van der Waals surface area (Å²) in [6, 6.07) is 0. The molecule has 0 rings (SSSR count). The first-order chi connectivity index (χ1) is 3.06. The van der Waals surface area contributed by atoms with Gasteiger partial charge in [-0.2, -0.15) is 0 Å². The van der Waals surface area contributed by atoms with Gasteiger partial charge in [0.1, 0.15) is 0 Å². The zero-order chi connectivity index (χ0) is 5.91. The lowest BCUT2D eigenvalue weighted by molar-refractivity contribution is 1.88. The molecule has 0 aromatic heterocycles. The first kappa shape index (κ1) is 7.86. The van der Waals surface area contributed by atoms with E-state index in [4.69, 9.17) is 0 Å². The van der Waals surface area contributed by atoms with E-state index >= 15 is 0 Å². The van der Waals surface area contributed by atoms with Crippen LogP contribution in [0.15, 0.2) is 0 Å². The fraction of sp³-hybridized carbons (Fsp3) is 1.00. The van der Waals surface area contributed by atoms with Crippen molar-refractivity contribution in [2.75, 3.05) is 32.6 Å². The fourth-order valence-electron chi connectivity index (χ4n) is 0.474. The maximum absolute atomic E-state index is 2.39. The minimum atomic E-state index is -0.403. The van der Waals surface area contributed by atoms with Crippen LogP contribution in [-0.4, -0.2) is 32.6 Å². The molecule has 0 aromatic carbocycles. The Balaban J connectivity index is 3.15.